The van der Waals surface area contributed by atoms with Crippen molar-refractivity contribution in [3.05, 3.63) is 85.7 Å². The van der Waals surface area contributed by atoms with E-state index in [4.69, 9.17) is 0 Å². The van der Waals surface area contributed by atoms with Gasteiger partial charge in [0.1, 0.15) is 11.6 Å². The zero-order valence-electron chi connectivity index (χ0n) is 12.1. The van der Waals surface area contributed by atoms with E-state index in [0.29, 0.717) is 5.69 Å². The quantitative estimate of drug-likeness (QED) is 0.321. The maximum atomic E-state index is 14.0. The molecule has 0 radical (unpaired) electrons. The summed E-state index contributed by atoms with van der Waals surface area (Å²) in [6, 6.07) is 17.6. The monoisotopic (exact) mass is 515 g/mol. The summed E-state index contributed by atoms with van der Waals surface area (Å²) in [6.07, 6.45) is 0. The second kappa shape index (κ2) is 7.33. The van der Waals surface area contributed by atoms with Gasteiger partial charge < -0.3 is 4.90 Å². The van der Waals surface area contributed by atoms with Crippen LogP contribution in [0.4, 0.5) is 25.8 Å². The van der Waals surface area contributed by atoms with E-state index in [1.807, 2.05) is 48.5 Å². The molecule has 0 amide bonds. The molecule has 1 nitrogen and oxygen atoms in total. The second-order valence-electron chi connectivity index (χ2n) is 5.01. The van der Waals surface area contributed by atoms with Gasteiger partial charge in [0.15, 0.2) is 0 Å². The van der Waals surface area contributed by atoms with Gasteiger partial charge in [0.05, 0.1) is 10.2 Å². The fraction of sp³-hybridized carbons (Fsp3) is 0. The molecule has 0 N–H and O–H groups in total. The molecule has 0 unspecified atom stereocenters. The van der Waals surface area contributed by atoms with Crippen LogP contribution < -0.4 is 4.90 Å². The van der Waals surface area contributed by atoms with Crippen molar-refractivity contribution in [1.29, 1.82) is 0 Å². The molecule has 0 aliphatic carbocycles. The van der Waals surface area contributed by atoms with E-state index in [-0.39, 0.29) is 4.47 Å². The fourth-order valence-electron chi connectivity index (χ4n) is 2.30. The van der Waals surface area contributed by atoms with Gasteiger partial charge in [-0.05, 0) is 76.6 Å². The molecular weight excluding hydrogens is 508 g/mol. The number of rotatable bonds is 3. The number of nitrogens with zero attached hydrogens (tertiary/aromatic N) is 1. The Morgan fingerprint density at radius 2 is 0.958 bits per heavy atom. The van der Waals surface area contributed by atoms with Gasteiger partial charge in [-0.25, -0.2) is 8.78 Å². The Balaban J connectivity index is 2.18. The Hall–Kier alpha value is -1.24. The van der Waals surface area contributed by atoms with Crippen molar-refractivity contribution in [1.82, 2.24) is 0 Å². The Bertz CT molecular complexity index is 796. The normalized spacial score (nSPS) is 10.7. The molecule has 0 saturated carbocycles. The molecule has 0 aliphatic heterocycles. The Morgan fingerprint density at radius 1 is 0.583 bits per heavy atom. The molecule has 3 aromatic carbocycles. The predicted octanol–water partition coefficient (Wildman–Crippen LogP) is 7.72. The van der Waals surface area contributed by atoms with Crippen molar-refractivity contribution in [3.63, 3.8) is 0 Å². The van der Waals surface area contributed by atoms with Gasteiger partial charge >= 0.3 is 0 Å². The van der Waals surface area contributed by atoms with Gasteiger partial charge in [0, 0.05) is 20.3 Å². The lowest BCUT2D eigenvalue weighted by Crippen LogP contribution is -2.10. The fourth-order valence-corrected chi connectivity index (χ4v) is 3.06. The van der Waals surface area contributed by atoms with Gasteiger partial charge in [-0.1, -0.05) is 31.9 Å². The van der Waals surface area contributed by atoms with Crippen LogP contribution in [0, 0.1) is 11.6 Å². The van der Waals surface area contributed by atoms with Crippen LogP contribution in [0.3, 0.4) is 0 Å². The first-order valence-electron chi connectivity index (χ1n) is 6.91. The smallest absolute Gasteiger partial charge is 0.142 e. The largest absolute Gasteiger partial charge is 0.310 e. The Morgan fingerprint density at radius 3 is 1.33 bits per heavy atom. The summed E-state index contributed by atoms with van der Waals surface area (Å²) in [5.74, 6) is -1.30. The molecule has 0 aliphatic rings. The van der Waals surface area contributed by atoms with Gasteiger partial charge in [-0.15, -0.1) is 0 Å². The number of halogens is 5. The third-order valence-electron chi connectivity index (χ3n) is 3.40. The highest BCUT2D eigenvalue weighted by Gasteiger charge is 2.17. The first kappa shape index (κ1) is 17.6. The van der Waals surface area contributed by atoms with Crippen LogP contribution in [-0.2, 0) is 0 Å². The predicted molar refractivity (Wildman–Crippen MR) is 104 cm³/mol. The zero-order valence-corrected chi connectivity index (χ0v) is 16.9. The van der Waals surface area contributed by atoms with Gasteiger partial charge in [-0.3, -0.25) is 0 Å². The standard InChI is InChI=1S/C18H10Br3F2N/c19-11-1-5-13(6-2-11)24(14-7-3-12(20)4-8-14)15-9-16(22)18(21)17(23)10-15/h1-10H. The first-order valence-corrected chi connectivity index (χ1v) is 9.29. The summed E-state index contributed by atoms with van der Waals surface area (Å²) in [5, 5.41) is 0. The molecule has 6 heteroatoms. The molecule has 0 aromatic heterocycles. The van der Waals surface area contributed by atoms with Crippen molar-refractivity contribution < 1.29 is 8.78 Å². The molecule has 0 heterocycles. The molecule has 0 bridgehead atoms. The van der Waals surface area contributed by atoms with Crippen LogP contribution in [0.5, 0.6) is 0 Å². The summed E-state index contributed by atoms with van der Waals surface area (Å²) in [4.78, 5) is 1.79. The summed E-state index contributed by atoms with van der Waals surface area (Å²) >= 11 is 9.71. The second-order valence-corrected chi connectivity index (χ2v) is 7.64. The lowest BCUT2D eigenvalue weighted by molar-refractivity contribution is 0.572. The third kappa shape index (κ3) is 3.71. The first-order chi connectivity index (χ1) is 11.5. The van der Waals surface area contributed by atoms with Crippen LogP contribution >= 0.6 is 47.8 Å². The zero-order chi connectivity index (χ0) is 17.3. The molecule has 3 aromatic rings. The lowest BCUT2D eigenvalue weighted by Gasteiger charge is -2.26. The number of hydrogen-bond acceptors (Lipinski definition) is 1. The van der Waals surface area contributed by atoms with Crippen molar-refractivity contribution in [2.75, 3.05) is 4.90 Å². The summed E-state index contributed by atoms with van der Waals surface area (Å²) in [7, 11) is 0. The highest BCUT2D eigenvalue weighted by atomic mass is 79.9. The molecule has 3 rings (SSSR count). The third-order valence-corrected chi connectivity index (χ3v) is 5.21. The average molecular weight is 518 g/mol. The van der Waals surface area contributed by atoms with Crippen LogP contribution in [0.15, 0.2) is 74.1 Å². The van der Waals surface area contributed by atoms with Crippen molar-refractivity contribution in [2.24, 2.45) is 0 Å². The summed E-state index contributed by atoms with van der Waals surface area (Å²) in [5.41, 5.74) is 1.99. The van der Waals surface area contributed by atoms with Crippen molar-refractivity contribution in [3.8, 4) is 0 Å². The minimum atomic E-state index is -0.649. The molecule has 122 valence electrons. The molecule has 0 spiro atoms. The highest BCUT2D eigenvalue weighted by Crippen LogP contribution is 2.37. The Labute approximate surface area is 163 Å². The van der Waals surface area contributed by atoms with Crippen LogP contribution in [0.25, 0.3) is 0 Å². The summed E-state index contributed by atoms with van der Waals surface area (Å²) in [6.45, 7) is 0. The van der Waals surface area contributed by atoms with E-state index in [1.165, 1.54) is 12.1 Å². The maximum absolute atomic E-state index is 14.0. The van der Waals surface area contributed by atoms with Crippen LogP contribution in [-0.4, -0.2) is 0 Å². The topological polar surface area (TPSA) is 3.24 Å². The number of hydrogen-bond donors (Lipinski definition) is 0. The molecule has 24 heavy (non-hydrogen) atoms. The number of anilines is 3. The molecule has 0 saturated heterocycles. The van der Waals surface area contributed by atoms with Crippen molar-refractivity contribution in [2.45, 2.75) is 0 Å². The maximum Gasteiger partial charge on any atom is 0.142 e. The van der Waals surface area contributed by atoms with E-state index < -0.39 is 11.6 Å². The molecular formula is C18H10Br3F2N. The minimum absolute atomic E-state index is 0.169. The van der Waals surface area contributed by atoms with E-state index in [0.717, 1.165) is 20.3 Å². The van der Waals surface area contributed by atoms with E-state index in [1.54, 1.807) is 4.90 Å². The van der Waals surface area contributed by atoms with Gasteiger partial charge in [-0.2, -0.15) is 0 Å². The number of benzene rings is 3. The summed E-state index contributed by atoms with van der Waals surface area (Å²) < 4.78 is 29.7. The van der Waals surface area contributed by atoms with E-state index in [9.17, 15) is 8.78 Å². The Kier molecular flexibility index (Phi) is 5.37. The molecule has 0 atom stereocenters. The molecule has 0 fully saturated rings. The van der Waals surface area contributed by atoms with Crippen molar-refractivity contribution >= 4 is 64.9 Å². The van der Waals surface area contributed by atoms with Crippen LogP contribution in [0.1, 0.15) is 0 Å². The van der Waals surface area contributed by atoms with Gasteiger partial charge in [0.25, 0.3) is 0 Å². The van der Waals surface area contributed by atoms with E-state index in [2.05, 4.69) is 47.8 Å². The lowest BCUT2D eigenvalue weighted by atomic mass is 10.2. The van der Waals surface area contributed by atoms with E-state index >= 15 is 0 Å². The SMILES string of the molecule is Fc1cc(N(c2ccc(Br)cc2)c2ccc(Br)cc2)cc(F)c1Br. The average Bonchev–Trinajstić information content (AvgIpc) is 2.56. The minimum Gasteiger partial charge on any atom is -0.310 e. The van der Waals surface area contributed by atoms with Crippen LogP contribution in [0.2, 0.25) is 0 Å². The van der Waals surface area contributed by atoms with Gasteiger partial charge in [0.2, 0.25) is 0 Å². The highest BCUT2D eigenvalue weighted by molar-refractivity contribution is 9.11.